The molecule has 146 valence electrons. The van der Waals surface area contributed by atoms with Gasteiger partial charge in [-0.1, -0.05) is 0 Å². The van der Waals surface area contributed by atoms with Crippen LogP contribution in [0.5, 0.6) is 0 Å². The Bertz CT molecular complexity index is 261. The van der Waals surface area contributed by atoms with Crippen molar-refractivity contribution in [2.45, 2.75) is 110 Å². The normalized spacial score (nSPS) is 12.8. The Morgan fingerprint density at radius 3 is 1.42 bits per heavy atom. The summed E-state index contributed by atoms with van der Waals surface area (Å²) >= 11 is -6.01. The maximum atomic E-state index is 7.28. The van der Waals surface area contributed by atoms with Crippen molar-refractivity contribution in [1.82, 2.24) is 0 Å². The van der Waals surface area contributed by atoms with E-state index in [0.717, 1.165) is 13.0 Å². The van der Waals surface area contributed by atoms with Gasteiger partial charge in [0.1, 0.15) is 0 Å². The molecule has 0 fully saturated rings. The first-order valence-electron chi connectivity index (χ1n) is 10.5. The van der Waals surface area contributed by atoms with Gasteiger partial charge in [-0.25, -0.2) is 0 Å². The van der Waals surface area contributed by atoms with Gasteiger partial charge < -0.3 is 0 Å². The number of hydrogen-bond donors (Lipinski definition) is 0. The molecule has 0 unspecified atom stereocenters. The topological polar surface area (TPSA) is 18.5 Å². The van der Waals surface area contributed by atoms with Crippen LogP contribution in [0.3, 0.4) is 0 Å². The second-order valence-electron chi connectivity index (χ2n) is 7.16. The van der Waals surface area contributed by atoms with Crippen LogP contribution in [0.4, 0.5) is 0 Å². The molecule has 0 bridgehead atoms. The molecule has 2 nitrogen and oxygen atoms in total. The van der Waals surface area contributed by atoms with Gasteiger partial charge in [-0.15, -0.1) is 0 Å². The Morgan fingerprint density at radius 1 is 0.625 bits per heavy atom. The third-order valence-electron chi connectivity index (χ3n) is 4.57. The first-order chi connectivity index (χ1) is 11.5. The fourth-order valence-electron chi connectivity index (χ4n) is 3.02. The average Bonchev–Trinajstić information content (AvgIpc) is 2.59. The Kier molecular flexibility index (Phi) is 17.0. The van der Waals surface area contributed by atoms with E-state index in [2.05, 4.69) is 34.6 Å². The monoisotopic (exact) mass is 578 g/mol. The number of halogens is 1. The van der Waals surface area contributed by atoms with Crippen molar-refractivity contribution < 1.29 is 4.49 Å². The fourth-order valence-corrected chi connectivity index (χ4v) is 50.1. The minimum atomic E-state index is -3.02. The zero-order valence-corrected chi connectivity index (χ0v) is 23.6. The van der Waals surface area contributed by atoms with Gasteiger partial charge in [-0.2, -0.15) is 0 Å². The summed E-state index contributed by atoms with van der Waals surface area (Å²) in [4.78, 5) is 0. The van der Waals surface area contributed by atoms with Crippen molar-refractivity contribution in [2.75, 3.05) is 6.61 Å². The van der Waals surface area contributed by atoms with Crippen LogP contribution in [-0.4, -0.2) is 43.5 Å². The van der Waals surface area contributed by atoms with E-state index in [4.69, 9.17) is 13.4 Å². The molecule has 0 radical (unpaired) electrons. The number of hydrogen-bond acceptors (Lipinski definition) is 2. The molecule has 0 saturated carbocycles. The van der Waals surface area contributed by atoms with Crippen LogP contribution in [0.15, 0.2) is 0 Å². The third kappa shape index (κ3) is 11.5. The predicted molar refractivity (Wildman–Crippen MR) is 114 cm³/mol. The summed E-state index contributed by atoms with van der Waals surface area (Å²) in [5.41, 5.74) is 0. The molecule has 0 atom stereocenters. The van der Waals surface area contributed by atoms with E-state index in [0.29, 0.717) is 0 Å². The number of unbranched alkanes of at least 4 members (excludes halogenated alkanes) is 4. The van der Waals surface area contributed by atoms with Crippen molar-refractivity contribution in [3.8, 4) is 0 Å². The van der Waals surface area contributed by atoms with Crippen molar-refractivity contribution in [1.29, 1.82) is 0 Å². The molecule has 0 aromatic heterocycles. The van der Waals surface area contributed by atoms with Gasteiger partial charge in [0, 0.05) is 0 Å². The van der Waals surface area contributed by atoms with Crippen LogP contribution in [-0.2, 0) is 4.49 Å². The maximum absolute atomic E-state index is 7.28. The molecule has 0 heterocycles. The standard InChI is InChI=1S/4C4H9.C3H7O.ClH.O.2Sn/c4*1-3-4-2;1-2-3-4;;;;/h4*1,3-4H2,2H3;2-3H2,1H3;1H;;;/q;;;;-1;;;2*+1/p-1. The van der Waals surface area contributed by atoms with E-state index in [9.17, 15) is 0 Å². The molecule has 0 aromatic carbocycles. The Labute approximate surface area is 165 Å². The molecule has 0 N–H and O–H groups in total. The van der Waals surface area contributed by atoms with E-state index < -0.39 is 36.9 Å². The summed E-state index contributed by atoms with van der Waals surface area (Å²) in [6.45, 7) is 12.2. The molecule has 0 aromatic rings. The second-order valence-corrected chi connectivity index (χ2v) is 33.0. The summed E-state index contributed by atoms with van der Waals surface area (Å²) in [7, 11) is 7.28. The van der Waals surface area contributed by atoms with Crippen molar-refractivity contribution >= 4 is 45.8 Å². The van der Waals surface area contributed by atoms with E-state index in [1.807, 2.05) is 0 Å². The Hall–Kier alpha value is 1.81. The van der Waals surface area contributed by atoms with E-state index in [1.54, 1.807) is 0 Å². The molecule has 0 aliphatic carbocycles. The summed E-state index contributed by atoms with van der Waals surface area (Å²) in [5, 5.41) is 0. The third-order valence-corrected chi connectivity index (χ3v) is 41.5. The molecule has 0 saturated heterocycles. The van der Waals surface area contributed by atoms with Gasteiger partial charge >= 0.3 is 167 Å². The second kappa shape index (κ2) is 15.8. The summed E-state index contributed by atoms with van der Waals surface area (Å²) < 4.78 is 18.5. The molecule has 0 amide bonds. The first-order valence-corrected chi connectivity index (χ1v) is 25.7. The molecule has 24 heavy (non-hydrogen) atoms. The van der Waals surface area contributed by atoms with E-state index in [1.165, 1.54) is 69.1 Å². The van der Waals surface area contributed by atoms with Crippen LogP contribution in [0.1, 0.15) is 92.4 Å². The molecule has 0 rings (SSSR count). The van der Waals surface area contributed by atoms with Gasteiger partial charge in [-0.3, -0.25) is 0 Å². The van der Waals surface area contributed by atoms with Crippen molar-refractivity contribution in [3.05, 3.63) is 0 Å². The predicted octanol–water partition coefficient (Wildman–Crippen LogP) is 7.75. The Morgan fingerprint density at radius 2 is 1.04 bits per heavy atom. The van der Waals surface area contributed by atoms with Crippen LogP contribution in [0.2, 0.25) is 17.7 Å². The molecular formula is C19H43ClO2Sn2. The zero-order chi connectivity index (χ0) is 18.3. The van der Waals surface area contributed by atoms with E-state index >= 15 is 0 Å². The summed E-state index contributed by atoms with van der Waals surface area (Å²) in [5.74, 6) is 0. The van der Waals surface area contributed by atoms with Crippen LogP contribution < -0.4 is 0 Å². The van der Waals surface area contributed by atoms with Gasteiger partial charge in [-0.05, 0) is 0 Å². The minimum absolute atomic E-state index is 0.879. The molecule has 5 heteroatoms. The SMILES string of the molecule is CCC[CH2][Sn]([Cl])([CH2]CCC)[O][Sn]([CH2]CCC)([CH2]CCC)[O]CCC. The summed E-state index contributed by atoms with van der Waals surface area (Å²) in [6.07, 6.45) is 11.0. The quantitative estimate of drug-likeness (QED) is 0.165. The van der Waals surface area contributed by atoms with Gasteiger partial charge in [0.15, 0.2) is 0 Å². The van der Waals surface area contributed by atoms with Crippen molar-refractivity contribution in [3.63, 3.8) is 0 Å². The zero-order valence-electron chi connectivity index (χ0n) is 17.1. The van der Waals surface area contributed by atoms with Crippen LogP contribution in [0.25, 0.3) is 0 Å². The summed E-state index contributed by atoms with van der Waals surface area (Å²) in [6, 6.07) is 0. The molecular weight excluding hydrogens is 533 g/mol. The van der Waals surface area contributed by atoms with Crippen LogP contribution >= 0.6 is 8.92 Å². The molecule has 0 aliphatic heterocycles. The van der Waals surface area contributed by atoms with E-state index in [-0.39, 0.29) is 0 Å². The van der Waals surface area contributed by atoms with Crippen molar-refractivity contribution in [2.24, 2.45) is 0 Å². The van der Waals surface area contributed by atoms with Crippen LogP contribution in [0, 0.1) is 0 Å². The Balaban J connectivity index is 5.25. The fraction of sp³-hybridized carbons (Fsp3) is 1.00. The molecule has 0 spiro atoms. The van der Waals surface area contributed by atoms with Gasteiger partial charge in [0.25, 0.3) is 0 Å². The average molecular weight is 576 g/mol. The number of rotatable bonds is 17. The first kappa shape index (κ1) is 25.8. The van der Waals surface area contributed by atoms with Gasteiger partial charge in [0.2, 0.25) is 0 Å². The van der Waals surface area contributed by atoms with Gasteiger partial charge in [0.05, 0.1) is 0 Å². The molecule has 0 aliphatic rings.